The zero-order chi connectivity index (χ0) is 13.6. The van der Waals surface area contributed by atoms with Gasteiger partial charge in [-0.05, 0) is 22.0 Å². The number of urea groups is 1. The zero-order valence-electron chi connectivity index (χ0n) is 10.2. The second-order valence-corrected chi connectivity index (χ2v) is 5.66. The molecule has 2 amide bonds. The molecule has 5 nitrogen and oxygen atoms in total. The van der Waals surface area contributed by atoms with E-state index in [1.807, 2.05) is 9.80 Å². The van der Waals surface area contributed by atoms with Gasteiger partial charge in [0.25, 0.3) is 0 Å². The molecule has 0 bridgehead atoms. The molecule has 3 N–H and O–H groups in total. The number of fused-ring (bicyclic) bond motifs is 1. The molecule has 0 radical (unpaired) electrons. The van der Waals surface area contributed by atoms with Crippen LogP contribution in [0.3, 0.4) is 0 Å². The van der Waals surface area contributed by atoms with Crippen molar-refractivity contribution in [3.8, 4) is 0 Å². The van der Waals surface area contributed by atoms with Crippen LogP contribution in [0.15, 0.2) is 16.6 Å². The first-order chi connectivity index (χ1) is 9.06. The van der Waals surface area contributed by atoms with E-state index < -0.39 is 0 Å². The first-order valence-corrected chi connectivity index (χ1v) is 6.89. The summed E-state index contributed by atoms with van der Waals surface area (Å²) in [6, 6.07) is 3.14. The third-order valence-corrected chi connectivity index (χ3v) is 4.25. The van der Waals surface area contributed by atoms with Crippen molar-refractivity contribution in [2.75, 3.05) is 36.8 Å². The molecule has 1 aromatic carbocycles. The van der Waals surface area contributed by atoms with Gasteiger partial charge in [-0.2, -0.15) is 0 Å². The number of nitrogens with zero attached hydrogens (tertiary/aromatic N) is 2. The number of amides is 2. The lowest BCUT2D eigenvalue weighted by atomic mass is 10.1. The van der Waals surface area contributed by atoms with Crippen molar-refractivity contribution in [2.45, 2.75) is 6.04 Å². The largest absolute Gasteiger partial charge is 0.397 e. The summed E-state index contributed by atoms with van der Waals surface area (Å²) in [6.07, 6.45) is 0. The summed E-state index contributed by atoms with van der Waals surface area (Å²) in [5, 5.41) is 2.82. The summed E-state index contributed by atoms with van der Waals surface area (Å²) < 4.78 is 14.0. The minimum absolute atomic E-state index is 0.0143. The highest BCUT2D eigenvalue weighted by molar-refractivity contribution is 9.10. The van der Waals surface area contributed by atoms with Crippen LogP contribution in [0.1, 0.15) is 0 Å². The minimum Gasteiger partial charge on any atom is -0.397 e. The normalized spacial score (nSPS) is 22.4. The Labute approximate surface area is 118 Å². The van der Waals surface area contributed by atoms with Gasteiger partial charge in [0.2, 0.25) is 0 Å². The van der Waals surface area contributed by atoms with E-state index in [-0.39, 0.29) is 17.9 Å². The molecule has 2 fully saturated rings. The van der Waals surface area contributed by atoms with E-state index in [0.29, 0.717) is 42.0 Å². The van der Waals surface area contributed by atoms with Gasteiger partial charge >= 0.3 is 6.03 Å². The highest BCUT2D eigenvalue weighted by Crippen LogP contribution is 2.31. The maximum absolute atomic E-state index is 13.6. The molecule has 3 rings (SSSR count). The fraction of sp³-hybridized carbons (Fsp3) is 0.417. The molecule has 2 heterocycles. The summed E-state index contributed by atoms with van der Waals surface area (Å²) in [4.78, 5) is 15.4. The topological polar surface area (TPSA) is 61.6 Å². The van der Waals surface area contributed by atoms with Crippen molar-refractivity contribution in [2.24, 2.45) is 0 Å². The molecule has 0 spiro atoms. The van der Waals surface area contributed by atoms with Gasteiger partial charge in [0.15, 0.2) is 0 Å². The lowest BCUT2D eigenvalue weighted by molar-refractivity contribution is 0.197. The molecule has 1 unspecified atom stereocenters. The van der Waals surface area contributed by atoms with Crippen molar-refractivity contribution in [1.82, 2.24) is 10.2 Å². The molecule has 1 atom stereocenters. The van der Waals surface area contributed by atoms with Crippen LogP contribution in [0, 0.1) is 5.82 Å². The van der Waals surface area contributed by atoms with Gasteiger partial charge in [-0.15, -0.1) is 0 Å². The van der Waals surface area contributed by atoms with Crippen molar-refractivity contribution in [3.05, 3.63) is 22.4 Å². The summed E-state index contributed by atoms with van der Waals surface area (Å²) >= 11 is 3.12. The average Bonchev–Trinajstić information content (AvgIpc) is 2.75. The molecule has 0 saturated carbocycles. The number of nitrogens with two attached hydrogens (primary N) is 1. The Kier molecular flexibility index (Phi) is 3.00. The van der Waals surface area contributed by atoms with E-state index in [4.69, 9.17) is 5.73 Å². The van der Waals surface area contributed by atoms with Crippen LogP contribution in [0.5, 0.6) is 0 Å². The highest BCUT2D eigenvalue weighted by Gasteiger charge is 2.35. The van der Waals surface area contributed by atoms with E-state index in [2.05, 4.69) is 21.2 Å². The third-order valence-electron chi connectivity index (χ3n) is 3.64. The van der Waals surface area contributed by atoms with Gasteiger partial charge in [-0.1, -0.05) is 0 Å². The van der Waals surface area contributed by atoms with Crippen molar-refractivity contribution >= 4 is 33.3 Å². The highest BCUT2D eigenvalue weighted by atomic mass is 79.9. The lowest BCUT2D eigenvalue weighted by Gasteiger charge is -2.38. The standard InChI is InChI=1S/C12H14BrFN4O/c13-8-3-10(15)11(4-9(8)14)17-1-2-18-7(6-17)5-16-12(18)19/h3-4,7H,1-2,5-6,15H2,(H,16,19). The molecule has 102 valence electrons. The monoisotopic (exact) mass is 328 g/mol. The zero-order valence-corrected chi connectivity index (χ0v) is 11.8. The molecule has 7 heteroatoms. The Morgan fingerprint density at radius 2 is 2.21 bits per heavy atom. The van der Waals surface area contributed by atoms with E-state index in [0.717, 1.165) is 0 Å². The number of carbonyl (C=O) groups excluding carboxylic acids is 1. The predicted molar refractivity (Wildman–Crippen MR) is 74.6 cm³/mol. The van der Waals surface area contributed by atoms with Gasteiger partial charge in [0, 0.05) is 32.2 Å². The first kappa shape index (κ1) is 12.5. The molecule has 2 saturated heterocycles. The number of halogens is 2. The van der Waals surface area contributed by atoms with Crippen LogP contribution in [-0.2, 0) is 0 Å². The van der Waals surface area contributed by atoms with Crippen molar-refractivity contribution in [3.63, 3.8) is 0 Å². The van der Waals surface area contributed by atoms with Crippen LogP contribution < -0.4 is 16.0 Å². The Balaban J connectivity index is 1.84. The molecule has 0 aliphatic carbocycles. The number of carbonyl (C=O) groups is 1. The third kappa shape index (κ3) is 2.11. The molecular formula is C12H14BrFN4O. The lowest BCUT2D eigenvalue weighted by Crippen LogP contribution is -2.52. The molecular weight excluding hydrogens is 315 g/mol. The summed E-state index contributed by atoms with van der Waals surface area (Å²) in [6.45, 7) is 2.60. The summed E-state index contributed by atoms with van der Waals surface area (Å²) in [5.41, 5.74) is 7.19. The van der Waals surface area contributed by atoms with Crippen LogP contribution in [0.4, 0.5) is 20.6 Å². The number of benzene rings is 1. The van der Waals surface area contributed by atoms with Crippen LogP contribution in [0.2, 0.25) is 0 Å². The molecule has 19 heavy (non-hydrogen) atoms. The Morgan fingerprint density at radius 1 is 1.42 bits per heavy atom. The maximum atomic E-state index is 13.6. The fourth-order valence-electron chi connectivity index (χ4n) is 2.65. The number of rotatable bonds is 1. The van der Waals surface area contributed by atoms with E-state index >= 15 is 0 Å². The quantitative estimate of drug-likeness (QED) is 0.766. The second kappa shape index (κ2) is 4.56. The minimum atomic E-state index is -0.327. The van der Waals surface area contributed by atoms with Gasteiger partial charge in [-0.3, -0.25) is 0 Å². The van der Waals surface area contributed by atoms with Crippen molar-refractivity contribution < 1.29 is 9.18 Å². The number of nitrogen functional groups attached to an aromatic ring is 1. The Hall–Kier alpha value is -1.50. The number of hydrogen-bond donors (Lipinski definition) is 2. The van der Waals surface area contributed by atoms with Gasteiger partial charge in [0.1, 0.15) is 5.82 Å². The predicted octanol–water partition coefficient (Wildman–Crippen LogP) is 1.38. The van der Waals surface area contributed by atoms with Gasteiger partial charge in [-0.25, -0.2) is 9.18 Å². The van der Waals surface area contributed by atoms with E-state index in [9.17, 15) is 9.18 Å². The SMILES string of the molecule is Nc1cc(Br)c(F)cc1N1CCN2C(=O)NCC2C1. The van der Waals surface area contributed by atoms with Crippen LogP contribution in [0.25, 0.3) is 0 Å². The molecule has 1 aromatic rings. The second-order valence-electron chi connectivity index (χ2n) is 4.80. The Bertz CT molecular complexity index is 539. The summed E-state index contributed by atoms with van der Waals surface area (Å²) in [7, 11) is 0. The number of nitrogens with one attached hydrogen (secondary N) is 1. The average molecular weight is 329 g/mol. The smallest absolute Gasteiger partial charge is 0.317 e. The Morgan fingerprint density at radius 3 is 3.00 bits per heavy atom. The first-order valence-electron chi connectivity index (χ1n) is 6.10. The van der Waals surface area contributed by atoms with Crippen LogP contribution >= 0.6 is 15.9 Å². The molecule has 2 aliphatic rings. The van der Waals surface area contributed by atoms with Crippen molar-refractivity contribution in [1.29, 1.82) is 0 Å². The van der Waals surface area contributed by atoms with Gasteiger partial charge in [0.05, 0.1) is 21.9 Å². The summed E-state index contributed by atoms with van der Waals surface area (Å²) in [5.74, 6) is -0.327. The number of piperazine rings is 1. The fourth-order valence-corrected chi connectivity index (χ4v) is 3.01. The van der Waals surface area contributed by atoms with E-state index in [1.165, 1.54) is 6.07 Å². The maximum Gasteiger partial charge on any atom is 0.317 e. The van der Waals surface area contributed by atoms with Crippen LogP contribution in [-0.4, -0.2) is 43.2 Å². The molecule has 0 aromatic heterocycles. The number of anilines is 2. The molecule has 2 aliphatic heterocycles. The van der Waals surface area contributed by atoms with E-state index in [1.54, 1.807) is 6.07 Å². The van der Waals surface area contributed by atoms with Gasteiger partial charge < -0.3 is 20.9 Å². The number of hydrogen-bond acceptors (Lipinski definition) is 3.